The zero-order chi connectivity index (χ0) is 12.7. The van der Waals surface area contributed by atoms with Crippen LogP contribution in [0.2, 0.25) is 0 Å². The van der Waals surface area contributed by atoms with E-state index < -0.39 is 5.79 Å². The molecule has 0 saturated carbocycles. The Hall–Kier alpha value is -0.960. The van der Waals surface area contributed by atoms with Crippen molar-refractivity contribution in [2.24, 2.45) is 0 Å². The normalized spacial score (nSPS) is 17.7. The summed E-state index contributed by atoms with van der Waals surface area (Å²) in [5, 5.41) is 0. The molecule has 0 fully saturated rings. The predicted octanol–water partition coefficient (Wildman–Crippen LogP) is 4.44. The summed E-state index contributed by atoms with van der Waals surface area (Å²) < 4.78 is 12.1. The summed E-state index contributed by atoms with van der Waals surface area (Å²) >= 11 is 3.55. The van der Waals surface area contributed by atoms with Crippen molar-refractivity contribution in [3.63, 3.8) is 0 Å². The summed E-state index contributed by atoms with van der Waals surface area (Å²) in [6.45, 7) is 8.49. The van der Waals surface area contributed by atoms with Gasteiger partial charge in [-0.15, -0.1) is 0 Å². The van der Waals surface area contributed by atoms with E-state index >= 15 is 0 Å². The van der Waals surface area contributed by atoms with E-state index in [1.54, 1.807) is 12.5 Å². The van der Waals surface area contributed by atoms with Crippen LogP contribution in [0.3, 0.4) is 0 Å². The van der Waals surface area contributed by atoms with Gasteiger partial charge in [0.25, 0.3) is 5.79 Å². The maximum atomic E-state index is 5.54. The van der Waals surface area contributed by atoms with Crippen LogP contribution in [0.5, 0.6) is 0 Å². The third-order valence-corrected chi connectivity index (χ3v) is 3.65. The summed E-state index contributed by atoms with van der Waals surface area (Å²) in [5.74, 6) is -0.722. The topological polar surface area (TPSA) is 18.5 Å². The summed E-state index contributed by atoms with van der Waals surface area (Å²) in [5.41, 5.74) is 2.38. The van der Waals surface area contributed by atoms with Gasteiger partial charge in [-0.25, -0.2) is 0 Å². The fraction of sp³-hybridized carbons (Fsp3) is 0.429. The lowest BCUT2D eigenvalue weighted by Crippen LogP contribution is -2.24. The molecular weight excluding hydrogens is 280 g/mol. The van der Waals surface area contributed by atoms with Gasteiger partial charge in [-0.2, -0.15) is 0 Å². The van der Waals surface area contributed by atoms with Crippen molar-refractivity contribution in [1.29, 1.82) is 0 Å². The number of rotatable bonds is 1. The second-order valence-electron chi connectivity index (χ2n) is 5.40. The number of halogens is 1. The van der Waals surface area contributed by atoms with Crippen molar-refractivity contribution in [2.45, 2.75) is 38.9 Å². The SMILES string of the molecule is CC(C)(C)c1ccc(Br)c(C2(C)OC=CO2)c1. The molecule has 0 bridgehead atoms. The minimum atomic E-state index is -0.722. The second kappa shape index (κ2) is 4.05. The van der Waals surface area contributed by atoms with Crippen molar-refractivity contribution >= 4 is 15.9 Å². The molecule has 0 saturated heterocycles. The molecule has 1 aromatic rings. The fourth-order valence-corrected chi connectivity index (χ4v) is 2.42. The Labute approximate surface area is 111 Å². The molecule has 1 heterocycles. The van der Waals surface area contributed by atoms with E-state index in [0.29, 0.717) is 0 Å². The monoisotopic (exact) mass is 296 g/mol. The molecular formula is C14H17BrO2. The van der Waals surface area contributed by atoms with Gasteiger partial charge in [-0.3, -0.25) is 0 Å². The highest BCUT2D eigenvalue weighted by atomic mass is 79.9. The molecule has 0 radical (unpaired) electrons. The van der Waals surface area contributed by atoms with Crippen LogP contribution >= 0.6 is 15.9 Å². The van der Waals surface area contributed by atoms with Crippen LogP contribution in [0.15, 0.2) is 35.2 Å². The zero-order valence-corrected chi connectivity index (χ0v) is 12.2. The Kier molecular flexibility index (Phi) is 2.98. The predicted molar refractivity (Wildman–Crippen MR) is 71.5 cm³/mol. The maximum Gasteiger partial charge on any atom is 0.274 e. The first-order valence-corrected chi connectivity index (χ1v) is 6.43. The first-order valence-electron chi connectivity index (χ1n) is 5.64. The van der Waals surface area contributed by atoms with Gasteiger partial charge in [-0.1, -0.05) is 42.8 Å². The van der Waals surface area contributed by atoms with Gasteiger partial charge < -0.3 is 9.47 Å². The second-order valence-corrected chi connectivity index (χ2v) is 6.25. The molecule has 92 valence electrons. The van der Waals surface area contributed by atoms with Crippen LogP contribution in [0, 0.1) is 0 Å². The molecule has 0 spiro atoms. The molecule has 1 aliphatic heterocycles. The minimum Gasteiger partial charge on any atom is -0.453 e. The average Bonchev–Trinajstić information content (AvgIpc) is 2.65. The number of hydrogen-bond acceptors (Lipinski definition) is 2. The van der Waals surface area contributed by atoms with E-state index in [1.165, 1.54) is 5.56 Å². The molecule has 0 unspecified atom stereocenters. The minimum absolute atomic E-state index is 0.109. The van der Waals surface area contributed by atoms with E-state index in [2.05, 4.69) is 48.8 Å². The quantitative estimate of drug-likeness (QED) is 0.763. The largest absolute Gasteiger partial charge is 0.453 e. The third kappa shape index (κ3) is 2.34. The lowest BCUT2D eigenvalue weighted by atomic mass is 9.85. The first kappa shape index (κ1) is 12.5. The summed E-state index contributed by atoms with van der Waals surface area (Å²) in [6.07, 6.45) is 3.16. The van der Waals surface area contributed by atoms with Crippen LogP contribution in [-0.2, 0) is 20.7 Å². The average molecular weight is 297 g/mol. The van der Waals surface area contributed by atoms with Crippen LogP contribution in [0.1, 0.15) is 38.8 Å². The summed E-state index contributed by atoms with van der Waals surface area (Å²) in [7, 11) is 0. The van der Waals surface area contributed by atoms with Crippen LogP contribution in [0.4, 0.5) is 0 Å². The van der Waals surface area contributed by atoms with Gasteiger partial charge in [0.1, 0.15) is 12.5 Å². The number of ether oxygens (including phenoxy) is 2. The van der Waals surface area contributed by atoms with E-state index in [-0.39, 0.29) is 5.41 Å². The summed E-state index contributed by atoms with van der Waals surface area (Å²) in [6, 6.07) is 6.31. The molecule has 17 heavy (non-hydrogen) atoms. The first-order chi connectivity index (χ1) is 7.83. The Morgan fingerprint density at radius 1 is 1.12 bits per heavy atom. The Bertz CT molecular complexity index is 450. The molecule has 0 atom stereocenters. The highest BCUT2D eigenvalue weighted by molar-refractivity contribution is 9.10. The molecule has 0 N–H and O–H groups in total. The molecule has 0 aromatic heterocycles. The van der Waals surface area contributed by atoms with Crippen LogP contribution < -0.4 is 0 Å². The van der Waals surface area contributed by atoms with Crippen molar-refractivity contribution in [1.82, 2.24) is 0 Å². The molecule has 0 amide bonds. The van der Waals surface area contributed by atoms with Gasteiger partial charge in [0.2, 0.25) is 0 Å². The standard InChI is InChI=1S/C14H17BrO2/c1-13(2,3)10-5-6-12(15)11(9-10)14(4)16-7-8-17-14/h5-9H,1-4H3. The highest BCUT2D eigenvalue weighted by Gasteiger charge is 2.34. The van der Waals surface area contributed by atoms with Crippen molar-refractivity contribution in [2.75, 3.05) is 0 Å². The lowest BCUT2D eigenvalue weighted by molar-refractivity contribution is -0.133. The number of hydrogen-bond donors (Lipinski definition) is 0. The molecule has 2 rings (SSSR count). The lowest BCUT2D eigenvalue weighted by Gasteiger charge is -2.27. The van der Waals surface area contributed by atoms with Gasteiger partial charge in [0.15, 0.2) is 0 Å². The van der Waals surface area contributed by atoms with Crippen molar-refractivity contribution < 1.29 is 9.47 Å². The maximum absolute atomic E-state index is 5.54. The van der Waals surface area contributed by atoms with E-state index in [1.807, 2.05) is 13.0 Å². The van der Waals surface area contributed by atoms with E-state index in [0.717, 1.165) is 10.0 Å². The smallest absolute Gasteiger partial charge is 0.274 e. The van der Waals surface area contributed by atoms with Crippen molar-refractivity contribution in [3.8, 4) is 0 Å². The van der Waals surface area contributed by atoms with Gasteiger partial charge in [0, 0.05) is 11.4 Å². The van der Waals surface area contributed by atoms with Gasteiger partial charge in [0.05, 0.1) is 5.56 Å². The summed E-state index contributed by atoms with van der Waals surface area (Å²) in [4.78, 5) is 0. The van der Waals surface area contributed by atoms with Gasteiger partial charge in [-0.05, 0) is 23.1 Å². The van der Waals surface area contributed by atoms with E-state index in [9.17, 15) is 0 Å². The molecule has 1 aromatic carbocycles. The van der Waals surface area contributed by atoms with Crippen molar-refractivity contribution in [3.05, 3.63) is 46.3 Å². The Morgan fingerprint density at radius 3 is 2.24 bits per heavy atom. The van der Waals surface area contributed by atoms with Crippen LogP contribution in [-0.4, -0.2) is 0 Å². The van der Waals surface area contributed by atoms with Crippen LogP contribution in [0.25, 0.3) is 0 Å². The highest BCUT2D eigenvalue weighted by Crippen LogP contribution is 2.38. The third-order valence-electron chi connectivity index (χ3n) is 2.96. The molecule has 0 aliphatic carbocycles. The van der Waals surface area contributed by atoms with Gasteiger partial charge >= 0.3 is 0 Å². The molecule has 2 nitrogen and oxygen atoms in total. The fourth-order valence-electron chi connectivity index (χ4n) is 1.81. The molecule has 3 heteroatoms. The Balaban J connectivity index is 2.47. The zero-order valence-electron chi connectivity index (χ0n) is 10.6. The van der Waals surface area contributed by atoms with E-state index in [4.69, 9.17) is 9.47 Å². The number of benzene rings is 1. The Morgan fingerprint density at radius 2 is 1.71 bits per heavy atom. The molecule has 1 aliphatic rings.